The van der Waals surface area contributed by atoms with Crippen molar-refractivity contribution in [3.8, 4) is 5.75 Å². The Bertz CT molecular complexity index is 923. The number of aromatic nitrogens is 2. The van der Waals surface area contributed by atoms with Crippen molar-refractivity contribution in [3.63, 3.8) is 0 Å². The van der Waals surface area contributed by atoms with Crippen LogP contribution < -0.4 is 15.0 Å². The molecule has 0 radical (unpaired) electrons. The van der Waals surface area contributed by atoms with Crippen LogP contribution in [0.1, 0.15) is 36.1 Å². The maximum Gasteiger partial charge on any atom is 0.174 e. The highest BCUT2D eigenvalue weighted by Gasteiger charge is 2.41. The summed E-state index contributed by atoms with van der Waals surface area (Å²) < 4.78 is 5.57. The predicted molar refractivity (Wildman–Crippen MR) is 111 cm³/mol. The Morgan fingerprint density at radius 2 is 1.93 bits per heavy atom. The number of anilines is 1. The van der Waals surface area contributed by atoms with Crippen LogP contribution >= 0.6 is 12.2 Å². The molecule has 6 heteroatoms. The van der Waals surface area contributed by atoms with E-state index in [0.717, 1.165) is 28.5 Å². The minimum atomic E-state index is -0.0386. The highest BCUT2D eigenvalue weighted by Crippen LogP contribution is 2.41. The fourth-order valence-corrected chi connectivity index (χ4v) is 3.86. The summed E-state index contributed by atoms with van der Waals surface area (Å²) in [6.07, 6.45) is 1.82. The van der Waals surface area contributed by atoms with E-state index in [0.29, 0.717) is 11.7 Å². The van der Waals surface area contributed by atoms with Gasteiger partial charge in [0.2, 0.25) is 0 Å². The molecular formula is C21H22N4OS. The van der Waals surface area contributed by atoms with Crippen molar-refractivity contribution >= 4 is 23.0 Å². The van der Waals surface area contributed by atoms with Crippen molar-refractivity contribution in [2.24, 2.45) is 0 Å². The summed E-state index contributed by atoms with van der Waals surface area (Å²) in [4.78, 5) is 10.2. The Kier molecular flexibility index (Phi) is 4.81. The Morgan fingerprint density at radius 3 is 2.56 bits per heavy atom. The molecule has 0 aliphatic carbocycles. The van der Waals surface area contributed by atoms with E-state index in [-0.39, 0.29) is 12.1 Å². The molecule has 5 nitrogen and oxygen atoms in total. The van der Waals surface area contributed by atoms with E-state index in [1.807, 2.05) is 55.6 Å². The second-order valence-electron chi connectivity index (χ2n) is 6.52. The number of aryl methyl sites for hydroxylation is 1. The van der Waals surface area contributed by atoms with E-state index in [2.05, 4.69) is 39.2 Å². The van der Waals surface area contributed by atoms with Crippen molar-refractivity contribution in [1.82, 2.24) is 15.3 Å². The number of thiocarbonyl (C=S) groups is 1. The molecule has 138 valence electrons. The van der Waals surface area contributed by atoms with Crippen LogP contribution in [-0.2, 0) is 0 Å². The van der Waals surface area contributed by atoms with Crippen LogP contribution in [0.5, 0.6) is 5.75 Å². The lowest BCUT2D eigenvalue weighted by Gasteiger charge is -2.27. The van der Waals surface area contributed by atoms with Crippen molar-refractivity contribution in [3.05, 3.63) is 77.9 Å². The molecule has 2 N–H and O–H groups in total. The van der Waals surface area contributed by atoms with Gasteiger partial charge in [-0.3, -0.25) is 4.98 Å². The molecule has 0 spiro atoms. The minimum Gasteiger partial charge on any atom is -0.494 e. The Hall–Kier alpha value is -2.86. The van der Waals surface area contributed by atoms with Crippen LogP contribution in [0, 0.1) is 6.92 Å². The number of nitrogens with one attached hydrogen (secondary N) is 2. The van der Waals surface area contributed by atoms with Crippen molar-refractivity contribution < 1.29 is 4.74 Å². The molecular weight excluding hydrogens is 356 g/mol. The maximum atomic E-state index is 5.71. The summed E-state index contributed by atoms with van der Waals surface area (Å²) in [5, 5.41) is 4.15. The lowest BCUT2D eigenvalue weighted by Crippen LogP contribution is -2.29. The fraction of sp³-hybridized carbons (Fsp3) is 0.238. The van der Waals surface area contributed by atoms with E-state index in [1.54, 1.807) is 0 Å². The molecule has 1 aromatic carbocycles. The van der Waals surface area contributed by atoms with E-state index in [4.69, 9.17) is 17.0 Å². The Labute approximate surface area is 164 Å². The molecule has 27 heavy (non-hydrogen) atoms. The van der Waals surface area contributed by atoms with Gasteiger partial charge < -0.3 is 19.9 Å². The van der Waals surface area contributed by atoms with Gasteiger partial charge in [-0.25, -0.2) is 0 Å². The van der Waals surface area contributed by atoms with Gasteiger partial charge in [-0.05, 0) is 74.6 Å². The zero-order valence-corrected chi connectivity index (χ0v) is 16.2. The largest absolute Gasteiger partial charge is 0.494 e. The Balaban J connectivity index is 1.75. The standard InChI is InChI=1S/C21H22N4OS/c1-3-26-16-10-8-15(9-11-16)25-20(18-12-7-14(2)23-18)19(24-21(25)27)17-6-4-5-13-22-17/h4-13,19-20,23H,3H2,1-2H3,(H,24,27)/t19-,20+/m1/s1. The molecule has 2 atom stereocenters. The third-order valence-electron chi connectivity index (χ3n) is 4.70. The number of hydrogen-bond acceptors (Lipinski definition) is 3. The third-order valence-corrected chi connectivity index (χ3v) is 5.01. The van der Waals surface area contributed by atoms with Gasteiger partial charge in [-0.1, -0.05) is 6.07 Å². The van der Waals surface area contributed by atoms with Gasteiger partial charge in [0.15, 0.2) is 5.11 Å². The van der Waals surface area contributed by atoms with Crippen molar-refractivity contribution in [2.75, 3.05) is 11.5 Å². The number of nitrogens with zero attached hydrogens (tertiary/aromatic N) is 2. The molecule has 1 aliphatic heterocycles. The quantitative estimate of drug-likeness (QED) is 0.649. The molecule has 4 rings (SSSR count). The molecule has 0 unspecified atom stereocenters. The summed E-state index contributed by atoms with van der Waals surface area (Å²) in [6.45, 7) is 4.69. The number of hydrogen-bond donors (Lipinski definition) is 2. The van der Waals surface area contributed by atoms with Gasteiger partial charge in [-0.15, -0.1) is 0 Å². The van der Waals surface area contributed by atoms with Crippen LogP contribution in [-0.4, -0.2) is 21.7 Å². The van der Waals surface area contributed by atoms with Gasteiger partial charge in [0, 0.05) is 23.3 Å². The number of pyridine rings is 1. The molecule has 2 aromatic heterocycles. The van der Waals surface area contributed by atoms with Gasteiger partial charge in [-0.2, -0.15) is 0 Å². The first-order valence-electron chi connectivity index (χ1n) is 9.06. The van der Waals surface area contributed by atoms with E-state index in [1.165, 1.54) is 0 Å². The fourth-order valence-electron chi connectivity index (χ4n) is 3.52. The molecule has 1 aliphatic rings. The van der Waals surface area contributed by atoms with Crippen LogP contribution in [0.4, 0.5) is 5.69 Å². The first kappa shape index (κ1) is 17.5. The smallest absolute Gasteiger partial charge is 0.174 e. The second kappa shape index (κ2) is 7.40. The highest BCUT2D eigenvalue weighted by atomic mass is 32.1. The highest BCUT2D eigenvalue weighted by molar-refractivity contribution is 7.80. The number of aromatic amines is 1. The predicted octanol–water partition coefficient (Wildman–Crippen LogP) is 4.29. The lowest BCUT2D eigenvalue weighted by molar-refractivity contribution is 0.340. The van der Waals surface area contributed by atoms with Crippen LogP contribution in [0.2, 0.25) is 0 Å². The van der Waals surface area contributed by atoms with Crippen LogP contribution in [0.3, 0.4) is 0 Å². The monoisotopic (exact) mass is 378 g/mol. The van der Waals surface area contributed by atoms with E-state index >= 15 is 0 Å². The minimum absolute atomic E-state index is 0.0148. The van der Waals surface area contributed by atoms with Crippen LogP contribution in [0.25, 0.3) is 0 Å². The zero-order chi connectivity index (χ0) is 18.8. The third kappa shape index (κ3) is 3.40. The normalized spacial score (nSPS) is 19.2. The average molecular weight is 379 g/mol. The summed E-state index contributed by atoms with van der Waals surface area (Å²) in [5.74, 6) is 0.855. The first-order valence-corrected chi connectivity index (χ1v) is 9.47. The number of ether oxygens (including phenoxy) is 1. The van der Waals surface area contributed by atoms with E-state index < -0.39 is 0 Å². The summed E-state index contributed by atoms with van der Waals surface area (Å²) in [7, 11) is 0. The molecule has 0 bridgehead atoms. The first-order chi connectivity index (χ1) is 13.2. The number of H-pyrrole nitrogens is 1. The molecule has 3 heterocycles. The maximum absolute atomic E-state index is 5.71. The number of rotatable bonds is 5. The van der Waals surface area contributed by atoms with E-state index in [9.17, 15) is 0 Å². The summed E-state index contributed by atoms with van der Waals surface area (Å²) in [6, 6.07) is 18.2. The molecule has 3 aromatic rings. The summed E-state index contributed by atoms with van der Waals surface area (Å²) >= 11 is 5.71. The Morgan fingerprint density at radius 1 is 1.11 bits per heavy atom. The van der Waals surface area contributed by atoms with Crippen molar-refractivity contribution in [1.29, 1.82) is 0 Å². The average Bonchev–Trinajstić information content (AvgIpc) is 3.26. The van der Waals surface area contributed by atoms with Gasteiger partial charge in [0.05, 0.1) is 18.3 Å². The van der Waals surface area contributed by atoms with Gasteiger partial charge in [0.25, 0.3) is 0 Å². The molecule has 0 saturated carbocycles. The van der Waals surface area contributed by atoms with Crippen molar-refractivity contribution in [2.45, 2.75) is 25.9 Å². The second-order valence-corrected chi connectivity index (χ2v) is 6.91. The van der Waals surface area contributed by atoms with Gasteiger partial charge in [0.1, 0.15) is 11.8 Å². The number of benzene rings is 1. The molecule has 1 fully saturated rings. The lowest BCUT2D eigenvalue weighted by atomic mass is 10.0. The molecule has 0 amide bonds. The molecule has 1 saturated heterocycles. The topological polar surface area (TPSA) is 53.2 Å². The summed E-state index contributed by atoms with van der Waals surface area (Å²) in [5.41, 5.74) is 4.20. The van der Waals surface area contributed by atoms with Crippen LogP contribution in [0.15, 0.2) is 60.8 Å². The SMILES string of the molecule is CCOc1ccc(N2C(=S)N[C@H](c3ccccn3)[C@@H]2c2ccc(C)[nH]2)cc1. The van der Waals surface area contributed by atoms with Gasteiger partial charge >= 0.3 is 0 Å². The zero-order valence-electron chi connectivity index (χ0n) is 15.3.